The summed E-state index contributed by atoms with van der Waals surface area (Å²) in [5.41, 5.74) is 2.94. The van der Waals surface area contributed by atoms with Crippen LogP contribution in [0.4, 0.5) is 0 Å². The van der Waals surface area contributed by atoms with Crippen LogP contribution in [0.5, 0.6) is 0 Å². The van der Waals surface area contributed by atoms with Crippen LogP contribution >= 0.6 is 0 Å². The molecule has 0 amide bonds. The number of rotatable bonds is 1. The maximum atomic E-state index is 10.7. The maximum Gasteiger partial charge on any atom is 0.289 e. The molecule has 0 atom stereocenters. The van der Waals surface area contributed by atoms with Crippen LogP contribution in [0.1, 0.15) is 19.3 Å². The summed E-state index contributed by atoms with van der Waals surface area (Å²) in [5.74, 6) is 0. The van der Waals surface area contributed by atoms with E-state index in [1.54, 1.807) is 0 Å². The summed E-state index contributed by atoms with van der Waals surface area (Å²) < 4.78 is 22.5. The third kappa shape index (κ3) is 1.06. The molecule has 5 nitrogen and oxygen atoms in total. The first-order chi connectivity index (χ1) is 5.02. The third-order valence-electron chi connectivity index (χ3n) is 2.43. The molecule has 64 valence electrons. The largest absolute Gasteiger partial charge is 0.289 e. The number of nitrogens with zero attached hydrogens (tertiary/aromatic N) is 1. The molecule has 0 aromatic heterocycles. The van der Waals surface area contributed by atoms with Gasteiger partial charge in [-0.2, -0.15) is 8.42 Å². The molecule has 0 radical (unpaired) electrons. The van der Waals surface area contributed by atoms with Crippen LogP contribution < -0.4 is 10.6 Å². The Hall–Kier alpha value is -0.170. The predicted octanol–water partition coefficient (Wildman–Crippen LogP) is -1.07. The molecule has 0 bridgehead atoms. The molecule has 1 saturated heterocycles. The molecule has 11 heavy (non-hydrogen) atoms. The van der Waals surface area contributed by atoms with Crippen LogP contribution in [-0.2, 0) is 10.2 Å². The zero-order valence-electron chi connectivity index (χ0n) is 6.08. The van der Waals surface area contributed by atoms with Crippen LogP contribution in [0.3, 0.4) is 0 Å². The lowest BCUT2D eigenvalue weighted by Gasteiger charge is -2.54. The molecule has 0 aromatic rings. The monoisotopic (exact) mass is 177 g/mol. The second-order valence-electron chi connectivity index (χ2n) is 3.30. The fourth-order valence-electron chi connectivity index (χ4n) is 1.55. The molecule has 1 saturated carbocycles. The highest BCUT2D eigenvalue weighted by atomic mass is 32.2. The van der Waals surface area contributed by atoms with Gasteiger partial charge in [0.25, 0.3) is 10.2 Å². The Balaban J connectivity index is 1.98. The molecular formula is C5H11N3O2S. The maximum absolute atomic E-state index is 10.7. The van der Waals surface area contributed by atoms with Gasteiger partial charge in [0.05, 0.1) is 6.54 Å². The fraction of sp³-hybridized carbons (Fsp3) is 1.00. The number of hydrazine groups is 1. The zero-order valence-corrected chi connectivity index (χ0v) is 6.89. The molecular weight excluding hydrogens is 166 g/mol. The molecule has 2 rings (SSSR count). The summed E-state index contributed by atoms with van der Waals surface area (Å²) in [6, 6.07) is 0. The van der Waals surface area contributed by atoms with E-state index < -0.39 is 10.2 Å². The number of hydrogen-bond acceptors (Lipinski definition) is 3. The smallest absolute Gasteiger partial charge is 0.233 e. The van der Waals surface area contributed by atoms with Gasteiger partial charge in [0, 0.05) is 5.54 Å². The zero-order chi connectivity index (χ0) is 8.11. The summed E-state index contributed by atoms with van der Waals surface area (Å²) in [6.45, 7) is 0.547. The second-order valence-corrected chi connectivity index (χ2v) is 4.77. The van der Waals surface area contributed by atoms with Crippen molar-refractivity contribution in [3.05, 3.63) is 0 Å². The highest BCUT2D eigenvalue weighted by molar-refractivity contribution is 7.86. The standard InChI is InChI=1S/C5H11N3O2S/c6-11(9,10)8-4-5(7-8)2-1-3-5/h7H,1-4H2,(H2,6,9,10). The van der Waals surface area contributed by atoms with Crippen LogP contribution in [0.25, 0.3) is 0 Å². The number of hydrogen-bond donors (Lipinski definition) is 2. The Morgan fingerprint density at radius 1 is 1.45 bits per heavy atom. The lowest BCUT2D eigenvalue weighted by molar-refractivity contribution is -0.0164. The minimum atomic E-state index is -3.49. The van der Waals surface area contributed by atoms with Crippen molar-refractivity contribution in [2.75, 3.05) is 6.54 Å². The van der Waals surface area contributed by atoms with E-state index in [0.717, 1.165) is 17.3 Å². The van der Waals surface area contributed by atoms with Crippen LogP contribution in [0.15, 0.2) is 0 Å². The van der Waals surface area contributed by atoms with Gasteiger partial charge < -0.3 is 0 Å². The fourth-order valence-corrected chi connectivity index (χ4v) is 2.30. The van der Waals surface area contributed by atoms with Gasteiger partial charge in [-0.1, -0.05) is 0 Å². The van der Waals surface area contributed by atoms with Crippen molar-refractivity contribution in [3.8, 4) is 0 Å². The Labute approximate surface area is 65.7 Å². The van der Waals surface area contributed by atoms with Crippen molar-refractivity contribution >= 4 is 10.2 Å². The molecule has 6 heteroatoms. The summed E-state index contributed by atoms with van der Waals surface area (Å²) in [5, 5.41) is 4.88. The van der Waals surface area contributed by atoms with E-state index in [-0.39, 0.29) is 5.54 Å². The first kappa shape index (κ1) is 7.48. The van der Waals surface area contributed by atoms with E-state index in [1.807, 2.05) is 0 Å². The minimum absolute atomic E-state index is 0.0897. The highest BCUT2D eigenvalue weighted by Crippen LogP contribution is 2.38. The van der Waals surface area contributed by atoms with E-state index in [0.29, 0.717) is 6.54 Å². The molecule has 0 aromatic carbocycles. The molecule has 1 spiro atoms. The summed E-state index contributed by atoms with van der Waals surface area (Å²) >= 11 is 0. The molecule has 3 N–H and O–H groups in total. The average Bonchev–Trinajstić information content (AvgIpc) is 1.49. The highest BCUT2D eigenvalue weighted by Gasteiger charge is 2.50. The third-order valence-corrected chi connectivity index (χ3v) is 3.26. The van der Waals surface area contributed by atoms with Gasteiger partial charge in [0.2, 0.25) is 0 Å². The van der Waals surface area contributed by atoms with Gasteiger partial charge in [-0.25, -0.2) is 10.6 Å². The topological polar surface area (TPSA) is 75.4 Å². The summed E-state index contributed by atoms with van der Waals surface area (Å²) in [4.78, 5) is 0. The quantitative estimate of drug-likeness (QED) is 0.535. The van der Waals surface area contributed by atoms with Gasteiger partial charge in [0.15, 0.2) is 0 Å². The van der Waals surface area contributed by atoms with Gasteiger partial charge in [0.1, 0.15) is 0 Å². The van der Waals surface area contributed by atoms with Crippen LogP contribution in [0.2, 0.25) is 0 Å². The van der Waals surface area contributed by atoms with Gasteiger partial charge >= 0.3 is 0 Å². The molecule has 2 fully saturated rings. The minimum Gasteiger partial charge on any atom is -0.233 e. The van der Waals surface area contributed by atoms with Gasteiger partial charge in [-0.3, -0.25) is 0 Å². The van der Waals surface area contributed by atoms with Crippen molar-refractivity contribution in [1.29, 1.82) is 0 Å². The van der Waals surface area contributed by atoms with E-state index in [2.05, 4.69) is 5.43 Å². The second kappa shape index (κ2) is 1.95. The average molecular weight is 177 g/mol. The van der Waals surface area contributed by atoms with E-state index in [9.17, 15) is 8.42 Å². The van der Waals surface area contributed by atoms with Crippen molar-refractivity contribution < 1.29 is 8.42 Å². The molecule has 0 unspecified atom stereocenters. The van der Waals surface area contributed by atoms with Crippen LogP contribution in [-0.4, -0.2) is 24.9 Å². The van der Waals surface area contributed by atoms with Gasteiger partial charge in [-0.05, 0) is 19.3 Å². The first-order valence-electron chi connectivity index (χ1n) is 3.60. The molecule has 1 heterocycles. The van der Waals surface area contributed by atoms with E-state index in [4.69, 9.17) is 5.14 Å². The first-order valence-corrected chi connectivity index (χ1v) is 5.11. The normalized spacial score (nSPS) is 29.5. The molecule has 1 aliphatic carbocycles. The Morgan fingerprint density at radius 2 is 2.00 bits per heavy atom. The molecule has 2 aliphatic rings. The lowest BCUT2D eigenvalue weighted by atomic mass is 9.75. The van der Waals surface area contributed by atoms with Crippen molar-refractivity contribution in [2.45, 2.75) is 24.8 Å². The Morgan fingerprint density at radius 3 is 2.27 bits per heavy atom. The van der Waals surface area contributed by atoms with E-state index >= 15 is 0 Å². The number of nitrogens with one attached hydrogen (secondary N) is 1. The Bertz CT molecular complexity index is 261. The lowest BCUT2D eigenvalue weighted by Crippen LogP contribution is -2.76. The summed E-state index contributed by atoms with van der Waals surface area (Å²) in [6.07, 6.45) is 3.32. The van der Waals surface area contributed by atoms with Gasteiger partial charge in [-0.15, -0.1) is 4.41 Å². The van der Waals surface area contributed by atoms with E-state index in [1.165, 1.54) is 6.42 Å². The number of nitrogens with two attached hydrogens (primary N) is 1. The van der Waals surface area contributed by atoms with Crippen molar-refractivity contribution in [3.63, 3.8) is 0 Å². The van der Waals surface area contributed by atoms with Crippen LogP contribution in [0, 0.1) is 0 Å². The SMILES string of the molecule is NS(=O)(=O)N1CC2(CCC2)N1. The van der Waals surface area contributed by atoms with Crippen molar-refractivity contribution in [1.82, 2.24) is 9.84 Å². The molecule has 1 aliphatic heterocycles. The summed E-state index contributed by atoms with van der Waals surface area (Å²) in [7, 11) is -3.49. The predicted molar refractivity (Wildman–Crippen MR) is 39.5 cm³/mol. The van der Waals surface area contributed by atoms with Crippen molar-refractivity contribution in [2.24, 2.45) is 5.14 Å². The Kier molecular flexibility index (Phi) is 1.32.